The van der Waals surface area contributed by atoms with Crippen molar-refractivity contribution in [3.63, 3.8) is 0 Å². The van der Waals surface area contributed by atoms with Crippen molar-refractivity contribution in [2.45, 2.75) is 26.2 Å². The molecule has 1 heterocycles. The average molecular weight is 408 g/mol. The number of carbonyl (C=O) groups is 1. The van der Waals surface area contributed by atoms with E-state index < -0.39 is 6.16 Å². The van der Waals surface area contributed by atoms with Gasteiger partial charge in [-0.1, -0.05) is 68.2 Å². The Morgan fingerprint density at radius 1 is 1.22 bits per heavy atom. The minimum Gasteiger partial charge on any atom is -0.437 e. The maximum Gasteiger partial charge on any atom is 0.513 e. The molecule has 142 valence electrons. The molecule has 27 heavy (non-hydrogen) atoms. The molecule has 0 atom stereocenters. The Kier molecular flexibility index (Phi) is 6.19. The number of ether oxygens (including phenoxy) is 2. The number of rotatable bonds is 3. The fraction of sp³-hybridized carbons (Fsp3) is 0.316. The van der Waals surface area contributed by atoms with E-state index in [0.717, 1.165) is 12.7 Å². The SMILES string of the molecule is COC(=O)O/C(=C(/C#N)c1ccc(C(C)(C)C)cc1)c1c(Cl)nn(C)c1Cl. The van der Waals surface area contributed by atoms with Crippen LogP contribution < -0.4 is 0 Å². The second-order valence-corrected chi connectivity index (χ2v) is 7.50. The molecular formula is C19H19Cl2N3O3. The summed E-state index contributed by atoms with van der Waals surface area (Å²) in [5, 5.41) is 13.9. The minimum atomic E-state index is -1.000. The van der Waals surface area contributed by atoms with Gasteiger partial charge in [-0.05, 0) is 16.5 Å². The lowest BCUT2D eigenvalue weighted by Gasteiger charge is -2.19. The number of carbonyl (C=O) groups excluding carboxylic acids is 1. The molecule has 0 spiro atoms. The normalized spacial score (nSPS) is 12.2. The average Bonchev–Trinajstić information content (AvgIpc) is 2.86. The molecule has 1 aromatic heterocycles. The zero-order valence-corrected chi connectivity index (χ0v) is 17.1. The number of nitrogens with zero attached hydrogens (tertiary/aromatic N) is 3. The summed E-state index contributed by atoms with van der Waals surface area (Å²) in [6, 6.07) is 9.44. The molecule has 0 aliphatic heterocycles. The number of nitriles is 1. The summed E-state index contributed by atoms with van der Waals surface area (Å²) < 4.78 is 11.1. The van der Waals surface area contributed by atoms with E-state index in [2.05, 4.69) is 36.7 Å². The summed E-state index contributed by atoms with van der Waals surface area (Å²) in [4.78, 5) is 11.8. The third-order valence-corrected chi connectivity index (χ3v) is 4.59. The molecule has 0 unspecified atom stereocenters. The maximum atomic E-state index is 11.8. The molecule has 0 N–H and O–H groups in total. The molecular weight excluding hydrogens is 389 g/mol. The first-order valence-corrected chi connectivity index (χ1v) is 8.75. The number of allylic oxidation sites excluding steroid dienone is 1. The predicted octanol–water partition coefficient (Wildman–Crippen LogP) is 5.20. The first-order valence-electron chi connectivity index (χ1n) is 7.99. The molecule has 0 fully saturated rings. The van der Waals surface area contributed by atoms with E-state index in [-0.39, 0.29) is 32.6 Å². The van der Waals surface area contributed by atoms with Gasteiger partial charge in [-0.25, -0.2) is 4.79 Å². The van der Waals surface area contributed by atoms with Crippen molar-refractivity contribution in [1.82, 2.24) is 9.78 Å². The van der Waals surface area contributed by atoms with Crippen LogP contribution in [0.2, 0.25) is 10.3 Å². The molecule has 8 heteroatoms. The molecule has 2 rings (SSSR count). The van der Waals surface area contributed by atoms with Crippen molar-refractivity contribution in [3.8, 4) is 6.07 Å². The van der Waals surface area contributed by atoms with Crippen LogP contribution in [0.15, 0.2) is 24.3 Å². The number of benzene rings is 1. The standard InChI is InChI=1S/C19H19Cl2N3O3/c1-19(2,3)12-8-6-11(7-9-12)13(10-22)15(27-18(25)26-5)14-16(20)23-24(4)17(14)21/h6-9H,1-5H3/b15-13-. The molecule has 1 aromatic carbocycles. The third kappa shape index (κ3) is 4.44. The van der Waals surface area contributed by atoms with E-state index in [9.17, 15) is 10.1 Å². The van der Waals surface area contributed by atoms with Crippen LogP contribution in [0.25, 0.3) is 11.3 Å². The maximum absolute atomic E-state index is 11.8. The van der Waals surface area contributed by atoms with E-state index >= 15 is 0 Å². The first kappa shape index (κ1) is 20.8. The topological polar surface area (TPSA) is 77.1 Å². The highest BCUT2D eigenvalue weighted by Gasteiger charge is 2.26. The van der Waals surface area contributed by atoms with Crippen LogP contribution >= 0.6 is 23.2 Å². The second kappa shape index (κ2) is 8.03. The molecule has 0 radical (unpaired) electrons. The number of aromatic nitrogens is 2. The van der Waals surface area contributed by atoms with Gasteiger partial charge in [0.05, 0.1) is 12.7 Å². The van der Waals surface area contributed by atoms with E-state index in [1.807, 2.05) is 12.1 Å². The number of hydrogen-bond donors (Lipinski definition) is 0. The van der Waals surface area contributed by atoms with Crippen molar-refractivity contribution in [3.05, 3.63) is 51.3 Å². The van der Waals surface area contributed by atoms with Crippen LogP contribution in [0.1, 0.15) is 37.5 Å². The highest BCUT2D eigenvalue weighted by atomic mass is 35.5. The lowest BCUT2D eigenvalue weighted by Crippen LogP contribution is -2.10. The van der Waals surface area contributed by atoms with Gasteiger partial charge in [0, 0.05) is 7.05 Å². The summed E-state index contributed by atoms with van der Waals surface area (Å²) in [7, 11) is 2.74. The molecule has 0 bridgehead atoms. The molecule has 0 saturated carbocycles. The van der Waals surface area contributed by atoms with E-state index in [0.29, 0.717) is 5.56 Å². The van der Waals surface area contributed by atoms with E-state index in [1.165, 1.54) is 4.68 Å². The van der Waals surface area contributed by atoms with E-state index in [1.54, 1.807) is 19.2 Å². The van der Waals surface area contributed by atoms with Gasteiger partial charge in [0.1, 0.15) is 16.8 Å². The zero-order valence-electron chi connectivity index (χ0n) is 15.6. The lowest BCUT2D eigenvalue weighted by molar-refractivity contribution is 0.112. The first-order chi connectivity index (χ1) is 12.6. The van der Waals surface area contributed by atoms with Crippen molar-refractivity contribution < 1.29 is 14.3 Å². The van der Waals surface area contributed by atoms with Crippen molar-refractivity contribution in [2.75, 3.05) is 7.11 Å². The Bertz CT molecular complexity index is 933. The molecule has 0 aliphatic rings. The predicted molar refractivity (Wildman–Crippen MR) is 104 cm³/mol. The van der Waals surface area contributed by atoms with Gasteiger partial charge < -0.3 is 9.47 Å². The number of methoxy groups -OCH3 is 1. The Hall–Kier alpha value is -2.49. The van der Waals surface area contributed by atoms with Gasteiger partial charge in [0.25, 0.3) is 0 Å². The molecule has 0 aliphatic carbocycles. The Labute approximate surface area is 167 Å². The van der Waals surface area contributed by atoms with E-state index in [4.69, 9.17) is 27.9 Å². The van der Waals surface area contributed by atoms with Crippen molar-refractivity contribution in [2.24, 2.45) is 7.05 Å². The van der Waals surface area contributed by atoms with Crippen molar-refractivity contribution >= 4 is 40.7 Å². The van der Waals surface area contributed by atoms with Crippen LogP contribution in [0.3, 0.4) is 0 Å². The van der Waals surface area contributed by atoms with Crippen LogP contribution in [0.4, 0.5) is 4.79 Å². The molecule has 6 nitrogen and oxygen atoms in total. The largest absolute Gasteiger partial charge is 0.513 e. The van der Waals surface area contributed by atoms with Gasteiger partial charge in [-0.15, -0.1) is 0 Å². The minimum absolute atomic E-state index is 0.000430. The zero-order chi connectivity index (χ0) is 20.4. The Morgan fingerprint density at radius 3 is 2.22 bits per heavy atom. The lowest BCUT2D eigenvalue weighted by atomic mass is 9.86. The molecule has 2 aromatic rings. The number of aryl methyl sites for hydroxylation is 1. The third-order valence-electron chi connectivity index (χ3n) is 3.89. The van der Waals surface area contributed by atoms with Gasteiger partial charge in [-0.2, -0.15) is 10.4 Å². The van der Waals surface area contributed by atoms with Crippen LogP contribution in [-0.4, -0.2) is 23.0 Å². The van der Waals surface area contributed by atoms with Crippen LogP contribution in [0.5, 0.6) is 0 Å². The van der Waals surface area contributed by atoms with Gasteiger partial charge >= 0.3 is 6.16 Å². The van der Waals surface area contributed by atoms with Gasteiger partial charge in [0.15, 0.2) is 10.9 Å². The summed E-state index contributed by atoms with van der Waals surface area (Å²) >= 11 is 12.4. The fourth-order valence-electron chi connectivity index (χ4n) is 2.40. The van der Waals surface area contributed by atoms with Crippen LogP contribution in [0, 0.1) is 11.3 Å². The summed E-state index contributed by atoms with van der Waals surface area (Å²) in [6.45, 7) is 6.26. The van der Waals surface area contributed by atoms with Crippen LogP contribution in [-0.2, 0) is 21.9 Å². The Morgan fingerprint density at radius 2 is 1.81 bits per heavy atom. The smallest absolute Gasteiger partial charge is 0.437 e. The van der Waals surface area contributed by atoms with Gasteiger partial charge in [-0.3, -0.25) is 4.68 Å². The summed E-state index contributed by atoms with van der Waals surface area (Å²) in [5.41, 5.74) is 1.81. The second-order valence-electron chi connectivity index (χ2n) is 6.78. The quantitative estimate of drug-likeness (QED) is 0.396. The number of halogens is 2. The molecule has 0 saturated heterocycles. The fourth-order valence-corrected chi connectivity index (χ4v) is 2.95. The number of hydrogen-bond acceptors (Lipinski definition) is 5. The highest BCUT2D eigenvalue weighted by molar-refractivity contribution is 6.37. The summed E-state index contributed by atoms with van der Waals surface area (Å²) in [6.07, 6.45) is -1.000. The molecule has 0 amide bonds. The highest BCUT2D eigenvalue weighted by Crippen LogP contribution is 2.36. The monoisotopic (exact) mass is 407 g/mol. The Balaban J connectivity index is 2.70. The van der Waals surface area contributed by atoms with Crippen molar-refractivity contribution in [1.29, 1.82) is 5.26 Å². The summed E-state index contributed by atoms with van der Waals surface area (Å²) in [5.74, 6) is -0.115. The van der Waals surface area contributed by atoms with Gasteiger partial charge in [0.2, 0.25) is 0 Å².